The van der Waals surface area contributed by atoms with Crippen LogP contribution in [0.1, 0.15) is 65.8 Å². The van der Waals surface area contributed by atoms with Gasteiger partial charge < -0.3 is 14.9 Å². The Morgan fingerprint density at radius 1 is 0.906 bits per heavy atom. The van der Waals surface area contributed by atoms with Crippen molar-refractivity contribution in [3.63, 3.8) is 0 Å². The molecule has 0 spiro atoms. The van der Waals surface area contributed by atoms with Crippen LogP contribution in [-0.4, -0.2) is 22.0 Å². The highest BCUT2D eigenvalue weighted by molar-refractivity contribution is 5.96. The second-order valence-corrected chi connectivity index (χ2v) is 7.89. The fraction of sp³-hybridized carbons (Fsp3) is 0.259. The number of ether oxygens (including phenoxy) is 1. The molecule has 3 aromatic rings. The van der Waals surface area contributed by atoms with E-state index in [1.807, 2.05) is 30.3 Å². The van der Waals surface area contributed by atoms with Crippen molar-refractivity contribution in [2.45, 2.75) is 45.1 Å². The van der Waals surface area contributed by atoms with Gasteiger partial charge in [-0.3, -0.25) is 9.59 Å². The maximum atomic E-state index is 11.6. The minimum atomic E-state index is -0.808. The number of hydrogen-bond acceptors (Lipinski definition) is 4. The fourth-order valence-corrected chi connectivity index (χ4v) is 3.63. The number of carbonyl (C=O) groups excluding carboxylic acids is 1. The van der Waals surface area contributed by atoms with Crippen LogP contribution >= 0.6 is 0 Å². The average Bonchev–Trinajstić information content (AvgIpc) is 2.77. The van der Waals surface area contributed by atoms with E-state index in [4.69, 9.17) is 9.84 Å². The Morgan fingerprint density at radius 3 is 2.22 bits per heavy atom. The quantitative estimate of drug-likeness (QED) is 0.289. The molecular formula is C27H28O5. The van der Waals surface area contributed by atoms with Gasteiger partial charge in [-0.15, -0.1) is 0 Å². The number of Topliss-reactive ketones (excluding diaryl/α,β-unsaturated/α-hetero) is 1. The molecule has 0 bridgehead atoms. The molecule has 3 aromatic carbocycles. The maximum Gasteiger partial charge on any atom is 0.303 e. The zero-order chi connectivity index (χ0) is 22.9. The summed E-state index contributed by atoms with van der Waals surface area (Å²) in [6.45, 7) is 1.40. The molecule has 1 atom stereocenters. The Kier molecular flexibility index (Phi) is 8.03. The van der Waals surface area contributed by atoms with E-state index in [0.717, 1.165) is 12.0 Å². The number of aliphatic carboxylic acids is 1. The Morgan fingerprint density at radius 2 is 1.59 bits per heavy atom. The summed E-state index contributed by atoms with van der Waals surface area (Å²) in [5, 5.41) is 19.0. The van der Waals surface area contributed by atoms with Gasteiger partial charge in [0.1, 0.15) is 17.6 Å². The first-order valence-electron chi connectivity index (χ1n) is 10.8. The molecule has 1 unspecified atom stereocenters. The van der Waals surface area contributed by atoms with Gasteiger partial charge in [0.05, 0.1) is 5.56 Å². The monoisotopic (exact) mass is 432 g/mol. The number of rotatable bonds is 11. The molecule has 0 saturated carbocycles. The van der Waals surface area contributed by atoms with Gasteiger partial charge in [0.15, 0.2) is 5.78 Å². The van der Waals surface area contributed by atoms with Crippen LogP contribution in [0.4, 0.5) is 0 Å². The number of carboxylic acid groups (broad SMARTS) is 1. The lowest BCUT2D eigenvalue weighted by Gasteiger charge is -2.20. The van der Waals surface area contributed by atoms with Crippen molar-refractivity contribution in [2.75, 3.05) is 0 Å². The normalized spacial score (nSPS) is 11.7. The number of phenolic OH excluding ortho intramolecular Hbond substituents is 1. The van der Waals surface area contributed by atoms with Gasteiger partial charge in [0, 0.05) is 12.5 Å². The summed E-state index contributed by atoms with van der Waals surface area (Å²) in [4.78, 5) is 22.4. The molecule has 0 aromatic heterocycles. The molecule has 0 heterocycles. The van der Waals surface area contributed by atoms with Crippen LogP contribution in [0.2, 0.25) is 0 Å². The van der Waals surface area contributed by atoms with Crippen LogP contribution in [0.5, 0.6) is 11.5 Å². The largest absolute Gasteiger partial charge is 0.507 e. The maximum absolute atomic E-state index is 11.6. The van der Waals surface area contributed by atoms with E-state index in [1.165, 1.54) is 24.1 Å². The first kappa shape index (κ1) is 23.1. The van der Waals surface area contributed by atoms with E-state index >= 15 is 0 Å². The average molecular weight is 433 g/mol. The second-order valence-electron chi connectivity index (χ2n) is 7.89. The molecule has 166 valence electrons. The Balaban J connectivity index is 1.75. The van der Waals surface area contributed by atoms with Gasteiger partial charge in [0.25, 0.3) is 0 Å². The van der Waals surface area contributed by atoms with Crippen molar-refractivity contribution in [1.82, 2.24) is 0 Å². The highest BCUT2D eigenvalue weighted by atomic mass is 16.5. The van der Waals surface area contributed by atoms with Crippen molar-refractivity contribution in [2.24, 2.45) is 0 Å². The molecule has 3 rings (SSSR count). The van der Waals surface area contributed by atoms with Crippen molar-refractivity contribution in [1.29, 1.82) is 0 Å². The summed E-state index contributed by atoms with van der Waals surface area (Å²) >= 11 is 0. The van der Waals surface area contributed by atoms with E-state index in [2.05, 4.69) is 24.3 Å². The lowest BCUT2D eigenvalue weighted by atomic mass is 9.99. The highest BCUT2D eigenvalue weighted by Crippen LogP contribution is 2.31. The number of benzene rings is 3. The van der Waals surface area contributed by atoms with Crippen molar-refractivity contribution >= 4 is 11.8 Å². The number of phenols is 1. The van der Waals surface area contributed by atoms with Crippen LogP contribution in [0.25, 0.3) is 0 Å². The van der Waals surface area contributed by atoms with E-state index in [0.29, 0.717) is 25.0 Å². The minimum Gasteiger partial charge on any atom is -0.507 e. The number of carboxylic acids is 1. The van der Waals surface area contributed by atoms with Crippen molar-refractivity contribution in [3.05, 3.63) is 95.1 Å². The molecule has 0 saturated heterocycles. The zero-order valence-corrected chi connectivity index (χ0v) is 18.2. The number of unbranched alkanes of at least 4 members (excludes halogenated alkanes) is 1. The first-order chi connectivity index (χ1) is 15.4. The summed E-state index contributed by atoms with van der Waals surface area (Å²) in [6, 6.07) is 23.1. The Hall–Kier alpha value is -3.60. The van der Waals surface area contributed by atoms with Gasteiger partial charge in [-0.05, 0) is 61.4 Å². The molecule has 0 fully saturated rings. The van der Waals surface area contributed by atoms with E-state index in [1.54, 1.807) is 12.1 Å². The molecular weight excluding hydrogens is 404 g/mol. The molecule has 2 N–H and O–H groups in total. The summed E-state index contributed by atoms with van der Waals surface area (Å²) in [7, 11) is 0. The van der Waals surface area contributed by atoms with Crippen molar-refractivity contribution in [3.8, 4) is 11.5 Å². The molecule has 5 heteroatoms. The van der Waals surface area contributed by atoms with Crippen LogP contribution in [0, 0.1) is 0 Å². The summed E-state index contributed by atoms with van der Waals surface area (Å²) in [6.07, 6.45) is 2.57. The highest BCUT2D eigenvalue weighted by Gasteiger charge is 2.16. The number of hydrogen-bond donors (Lipinski definition) is 2. The van der Waals surface area contributed by atoms with Crippen LogP contribution in [0.3, 0.4) is 0 Å². The van der Waals surface area contributed by atoms with Gasteiger partial charge in [0.2, 0.25) is 0 Å². The minimum absolute atomic E-state index is 0.113. The van der Waals surface area contributed by atoms with E-state index in [9.17, 15) is 14.7 Å². The van der Waals surface area contributed by atoms with Crippen LogP contribution in [-0.2, 0) is 11.2 Å². The van der Waals surface area contributed by atoms with Gasteiger partial charge >= 0.3 is 5.97 Å². The van der Waals surface area contributed by atoms with Gasteiger partial charge in [-0.2, -0.15) is 0 Å². The fourth-order valence-electron chi connectivity index (χ4n) is 3.63. The molecule has 0 aliphatic carbocycles. The molecule has 5 nitrogen and oxygen atoms in total. The SMILES string of the molecule is CC(=O)c1ccc(OC(CCCCC(=O)O)c2ccc(Cc3ccccc3)cc2)cc1O. The summed E-state index contributed by atoms with van der Waals surface area (Å²) < 4.78 is 6.16. The van der Waals surface area contributed by atoms with Gasteiger partial charge in [-0.1, -0.05) is 54.6 Å². The van der Waals surface area contributed by atoms with E-state index < -0.39 is 5.97 Å². The lowest BCUT2D eigenvalue weighted by molar-refractivity contribution is -0.137. The predicted molar refractivity (Wildman–Crippen MR) is 123 cm³/mol. The zero-order valence-electron chi connectivity index (χ0n) is 18.2. The molecule has 0 amide bonds. The Labute approximate surface area is 188 Å². The third-order valence-electron chi connectivity index (χ3n) is 5.34. The molecule has 0 aliphatic heterocycles. The Bertz CT molecular complexity index is 1040. The molecule has 0 aliphatic rings. The topological polar surface area (TPSA) is 83.8 Å². The van der Waals surface area contributed by atoms with Crippen LogP contribution < -0.4 is 4.74 Å². The molecule has 0 radical (unpaired) electrons. The van der Waals surface area contributed by atoms with Crippen molar-refractivity contribution < 1.29 is 24.5 Å². The number of carbonyl (C=O) groups is 2. The molecule has 32 heavy (non-hydrogen) atoms. The standard InChI is InChI=1S/C27H28O5/c1-19(28)24-16-15-23(18-25(24)29)32-26(9-5-6-10-27(30)31)22-13-11-21(12-14-22)17-20-7-3-2-4-8-20/h2-4,7-8,11-16,18,26,29H,5-6,9-10,17H2,1H3,(H,30,31). The number of aromatic hydroxyl groups is 1. The lowest BCUT2D eigenvalue weighted by Crippen LogP contribution is -2.09. The van der Waals surface area contributed by atoms with Gasteiger partial charge in [-0.25, -0.2) is 0 Å². The summed E-state index contributed by atoms with van der Waals surface area (Å²) in [5.41, 5.74) is 3.66. The third kappa shape index (κ3) is 6.71. The number of ketones is 1. The second kappa shape index (κ2) is 11.1. The summed E-state index contributed by atoms with van der Waals surface area (Å²) in [5.74, 6) is -0.673. The van der Waals surface area contributed by atoms with Crippen LogP contribution in [0.15, 0.2) is 72.8 Å². The van der Waals surface area contributed by atoms with E-state index in [-0.39, 0.29) is 29.6 Å². The third-order valence-corrected chi connectivity index (χ3v) is 5.34. The first-order valence-corrected chi connectivity index (χ1v) is 10.8. The predicted octanol–water partition coefficient (Wildman–Crippen LogP) is 5.95. The smallest absolute Gasteiger partial charge is 0.303 e.